The summed E-state index contributed by atoms with van der Waals surface area (Å²) in [5.74, 6) is 1.01. The van der Waals surface area contributed by atoms with Gasteiger partial charge in [0, 0.05) is 6.54 Å². The normalized spacial score (nSPS) is 19.1. The van der Waals surface area contributed by atoms with Gasteiger partial charge in [-0.15, -0.1) is 11.6 Å². The molecule has 1 atom stereocenters. The van der Waals surface area contributed by atoms with E-state index < -0.39 is 0 Å². The number of aromatic nitrogens is 2. The third-order valence-electron chi connectivity index (χ3n) is 4.01. The highest BCUT2D eigenvalue weighted by molar-refractivity contribution is 6.20. The standard InChI is InChI=1S/C15H19ClN2/c1-10-5-4-6-12-13(10)17-14(11(2)16)18(12)9-15(3)7-8-15/h4-6,11H,7-9H2,1-3H3. The number of hydrogen-bond donors (Lipinski definition) is 0. The molecule has 1 aromatic heterocycles. The van der Waals surface area contributed by atoms with Gasteiger partial charge in [-0.05, 0) is 43.7 Å². The summed E-state index contributed by atoms with van der Waals surface area (Å²) in [7, 11) is 0. The molecule has 1 unspecified atom stereocenters. The number of fused-ring (bicyclic) bond motifs is 1. The van der Waals surface area contributed by atoms with Gasteiger partial charge in [-0.2, -0.15) is 0 Å². The van der Waals surface area contributed by atoms with E-state index >= 15 is 0 Å². The number of rotatable bonds is 3. The molecule has 3 heteroatoms. The lowest BCUT2D eigenvalue weighted by Gasteiger charge is -2.14. The van der Waals surface area contributed by atoms with Gasteiger partial charge in [0.25, 0.3) is 0 Å². The average Bonchev–Trinajstić information content (AvgIpc) is 2.90. The van der Waals surface area contributed by atoms with Crippen molar-refractivity contribution in [2.45, 2.75) is 45.5 Å². The second-order valence-corrected chi connectivity index (χ2v) is 6.58. The van der Waals surface area contributed by atoms with E-state index in [0.29, 0.717) is 5.41 Å². The van der Waals surface area contributed by atoms with Crippen LogP contribution in [0.4, 0.5) is 0 Å². The molecule has 1 aromatic carbocycles. The van der Waals surface area contributed by atoms with Crippen molar-refractivity contribution in [3.8, 4) is 0 Å². The minimum atomic E-state index is -0.0425. The molecule has 3 rings (SSSR count). The molecule has 0 radical (unpaired) electrons. The van der Waals surface area contributed by atoms with Crippen molar-refractivity contribution in [2.24, 2.45) is 5.41 Å². The van der Waals surface area contributed by atoms with E-state index in [0.717, 1.165) is 17.9 Å². The smallest absolute Gasteiger partial charge is 0.127 e. The first-order valence-corrected chi connectivity index (χ1v) is 7.04. The van der Waals surface area contributed by atoms with Crippen LogP contribution in [0.1, 0.15) is 43.5 Å². The molecular formula is C15H19ClN2. The minimum absolute atomic E-state index is 0.0425. The van der Waals surface area contributed by atoms with Gasteiger partial charge in [-0.1, -0.05) is 19.1 Å². The fourth-order valence-corrected chi connectivity index (χ4v) is 2.69. The van der Waals surface area contributed by atoms with E-state index in [-0.39, 0.29) is 5.38 Å². The van der Waals surface area contributed by atoms with Crippen molar-refractivity contribution in [3.05, 3.63) is 29.6 Å². The average molecular weight is 263 g/mol. The predicted molar refractivity (Wildman–Crippen MR) is 76.1 cm³/mol. The number of halogens is 1. The molecule has 0 N–H and O–H groups in total. The summed E-state index contributed by atoms with van der Waals surface area (Å²) in [4.78, 5) is 4.75. The summed E-state index contributed by atoms with van der Waals surface area (Å²) in [5, 5.41) is -0.0425. The maximum atomic E-state index is 6.30. The van der Waals surface area contributed by atoms with Gasteiger partial charge in [0.05, 0.1) is 16.4 Å². The Hall–Kier alpha value is -1.02. The summed E-state index contributed by atoms with van der Waals surface area (Å²) in [6.07, 6.45) is 2.63. The van der Waals surface area contributed by atoms with Crippen LogP contribution in [0.25, 0.3) is 11.0 Å². The van der Waals surface area contributed by atoms with Gasteiger partial charge in [0.15, 0.2) is 0 Å². The zero-order chi connectivity index (χ0) is 12.9. The van der Waals surface area contributed by atoms with E-state index in [4.69, 9.17) is 16.6 Å². The van der Waals surface area contributed by atoms with Crippen LogP contribution in [0.5, 0.6) is 0 Å². The maximum Gasteiger partial charge on any atom is 0.127 e. The quantitative estimate of drug-likeness (QED) is 0.748. The molecule has 0 bridgehead atoms. The number of benzene rings is 1. The highest BCUT2D eigenvalue weighted by Crippen LogP contribution is 2.47. The summed E-state index contributed by atoms with van der Waals surface area (Å²) in [5.41, 5.74) is 4.01. The van der Waals surface area contributed by atoms with Gasteiger partial charge in [0.2, 0.25) is 0 Å². The molecule has 1 aliphatic rings. The number of aryl methyl sites for hydroxylation is 1. The minimum Gasteiger partial charge on any atom is -0.326 e. The third kappa shape index (κ3) is 1.93. The Morgan fingerprint density at radius 2 is 2.17 bits per heavy atom. The molecule has 2 aromatic rings. The first-order chi connectivity index (χ1) is 8.50. The topological polar surface area (TPSA) is 17.8 Å². The Balaban J connectivity index is 2.18. The van der Waals surface area contributed by atoms with Gasteiger partial charge >= 0.3 is 0 Å². The van der Waals surface area contributed by atoms with Gasteiger partial charge < -0.3 is 4.57 Å². The molecule has 1 heterocycles. The molecule has 0 amide bonds. The van der Waals surface area contributed by atoms with Gasteiger partial charge in [0.1, 0.15) is 5.82 Å². The first kappa shape index (κ1) is 12.0. The second kappa shape index (κ2) is 3.99. The number of nitrogens with zero attached hydrogens (tertiary/aromatic N) is 2. The van der Waals surface area contributed by atoms with Crippen LogP contribution in [0.2, 0.25) is 0 Å². The lowest BCUT2D eigenvalue weighted by molar-refractivity contribution is 0.461. The molecular weight excluding hydrogens is 244 g/mol. The zero-order valence-corrected chi connectivity index (χ0v) is 12.0. The zero-order valence-electron chi connectivity index (χ0n) is 11.2. The largest absolute Gasteiger partial charge is 0.326 e. The molecule has 1 fully saturated rings. The lowest BCUT2D eigenvalue weighted by atomic mass is 10.1. The SMILES string of the molecule is Cc1cccc2c1nc(C(C)Cl)n2CC1(C)CC1. The molecule has 0 saturated heterocycles. The van der Waals surface area contributed by atoms with Crippen LogP contribution in [0.3, 0.4) is 0 Å². The summed E-state index contributed by atoms with van der Waals surface area (Å²) in [6.45, 7) is 7.50. The highest BCUT2D eigenvalue weighted by atomic mass is 35.5. The van der Waals surface area contributed by atoms with Crippen molar-refractivity contribution in [1.82, 2.24) is 9.55 Å². The molecule has 0 aliphatic heterocycles. The fraction of sp³-hybridized carbons (Fsp3) is 0.533. The maximum absolute atomic E-state index is 6.30. The Labute approximate surface area is 113 Å². The van der Waals surface area contributed by atoms with Crippen molar-refractivity contribution in [3.63, 3.8) is 0 Å². The van der Waals surface area contributed by atoms with E-state index in [1.165, 1.54) is 23.9 Å². The molecule has 2 nitrogen and oxygen atoms in total. The Bertz CT molecular complexity index is 594. The van der Waals surface area contributed by atoms with Crippen LogP contribution in [0.15, 0.2) is 18.2 Å². The molecule has 18 heavy (non-hydrogen) atoms. The number of hydrogen-bond acceptors (Lipinski definition) is 1. The third-order valence-corrected chi connectivity index (χ3v) is 4.20. The number of imidazole rings is 1. The van der Waals surface area contributed by atoms with Gasteiger partial charge in [-0.3, -0.25) is 0 Å². The highest BCUT2D eigenvalue weighted by Gasteiger charge is 2.38. The fourth-order valence-electron chi connectivity index (χ4n) is 2.53. The van der Waals surface area contributed by atoms with Crippen LogP contribution in [0, 0.1) is 12.3 Å². The molecule has 0 spiro atoms. The Morgan fingerprint density at radius 1 is 1.44 bits per heavy atom. The Kier molecular flexibility index (Phi) is 2.67. The predicted octanol–water partition coefficient (Wildman–Crippen LogP) is 4.44. The summed E-state index contributed by atoms with van der Waals surface area (Å²) < 4.78 is 2.33. The van der Waals surface area contributed by atoms with Gasteiger partial charge in [-0.25, -0.2) is 4.98 Å². The number of para-hydroxylation sites is 1. The Morgan fingerprint density at radius 3 is 2.78 bits per heavy atom. The molecule has 1 saturated carbocycles. The monoisotopic (exact) mass is 262 g/mol. The molecule has 1 aliphatic carbocycles. The van der Waals surface area contributed by atoms with Crippen molar-refractivity contribution < 1.29 is 0 Å². The van der Waals surface area contributed by atoms with Crippen LogP contribution >= 0.6 is 11.6 Å². The molecule has 96 valence electrons. The van der Waals surface area contributed by atoms with E-state index in [1.54, 1.807) is 0 Å². The van der Waals surface area contributed by atoms with E-state index in [1.807, 2.05) is 6.92 Å². The second-order valence-electron chi connectivity index (χ2n) is 5.93. The van der Waals surface area contributed by atoms with E-state index in [2.05, 4.69) is 36.6 Å². The first-order valence-electron chi connectivity index (χ1n) is 6.60. The van der Waals surface area contributed by atoms with Crippen molar-refractivity contribution in [2.75, 3.05) is 0 Å². The summed E-state index contributed by atoms with van der Waals surface area (Å²) in [6, 6.07) is 6.37. The van der Waals surface area contributed by atoms with Crippen molar-refractivity contribution in [1.29, 1.82) is 0 Å². The summed E-state index contributed by atoms with van der Waals surface area (Å²) >= 11 is 6.30. The van der Waals surface area contributed by atoms with E-state index in [9.17, 15) is 0 Å². The van der Waals surface area contributed by atoms with Crippen molar-refractivity contribution >= 4 is 22.6 Å². The number of alkyl halides is 1. The lowest BCUT2D eigenvalue weighted by Crippen LogP contribution is -2.11. The van der Waals surface area contributed by atoms with Crippen LogP contribution < -0.4 is 0 Å². The van der Waals surface area contributed by atoms with Crippen LogP contribution in [-0.2, 0) is 6.54 Å². The van der Waals surface area contributed by atoms with Crippen LogP contribution in [-0.4, -0.2) is 9.55 Å².